The summed E-state index contributed by atoms with van der Waals surface area (Å²) in [5.41, 5.74) is 3.79. The first kappa shape index (κ1) is 16.7. The van der Waals surface area contributed by atoms with Gasteiger partial charge < -0.3 is 5.11 Å². The van der Waals surface area contributed by atoms with Crippen LogP contribution in [0.25, 0.3) is 11.8 Å². The molecule has 1 unspecified atom stereocenters. The van der Waals surface area contributed by atoms with Crippen molar-refractivity contribution < 1.29 is 9.50 Å². The zero-order valence-corrected chi connectivity index (χ0v) is 14.6. The molecular weight excluding hydrogens is 327 g/mol. The molecule has 0 saturated carbocycles. The van der Waals surface area contributed by atoms with E-state index in [-0.39, 0.29) is 11.2 Å². The molecule has 132 valence electrons. The summed E-state index contributed by atoms with van der Waals surface area (Å²) in [6, 6.07) is 16.1. The van der Waals surface area contributed by atoms with Gasteiger partial charge in [0.25, 0.3) is 0 Å². The topological polar surface area (TPSA) is 38.1 Å². The number of rotatable bonds is 4. The molecule has 0 aliphatic heterocycles. The molecule has 3 aromatic rings. The van der Waals surface area contributed by atoms with Crippen LogP contribution in [-0.2, 0) is 6.42 Å². The molecule has 0 saturated heterocycles. The van der Waals surface area contributed by atoms with Crippen LogP contribution in [0.15, 0.2) is 66.9 Å². The number of nitrogens with zero attached hydrogens (tertiary/aromatic N) is 2. The predicted molar refractivity (Wildman–Crippen MR) is 100 cm³/mol. The van der Waals surface area contributed by atoms with E-state index in [2.05, 4.69) is 24.2 Å². The maximum absolute atomic E-state index is 13.2. The summed E-state index contributed by atoms with van der Waals surface area (Å²) in [4.78, 5) is 0. The fourth-order valence-electron chi connectivity index (χ4n) is 3.64. The molecule has 2 atom stereocenters. The third kappa shape index (κ3) is 3.20. The molecule has 1 aromatic heterocycles. The monoisotopic (exact) mass is 348 g/mol. The first-order chi connectivity index (χ1) is 12.5. The van der Waals surface area contributed by atoms with Crippen molar-refractivity contribution in [1.82, 2.24) is 9.78 Å². The molecule has 0 amide bonds. The van der Waals surface area contributed by atoms with Gasteiger partial charge in [0.1, 0.15) is 5.82 Å². The fraction of sp³-hybridized carbons (Fsp3) is 0.227. The van der Waals surface area contributed by atoms with Gasteiger partial charge in [-0.05, 0) is 59.7 Å². The smallest absolute Gasteiger partial charge is 0.123 e. The minimum Gasteiger partial charge on any atom is -0.388 e. The van der Waals surface area contributed by atoms with Crippen molar-refractivity contribution in [2.75, 3.05) is 0 Å². The Balaban J connectivity index is 1.57. The van der Waals surface area contributed by atoms with Gasteiger partial charge in [0.05, 0.1) is 23.7 Å². The molecule has 0 radical (unpaired) electrons. The lowest BCUT2D eigenvalue weighted by Crippen LogP contribution is -2.23. The summed E-state index contributed by atoms with van der Waals surface area (Å²) in [6.07, 6.45) is 7.05. The number of aromatic nitrogens is 2. The van der Waals surface area contributed by atoms with Gasteiger partial charge in [-0.25, -0.2) is 9.07 Å². The van der Waals surface area contributed by atoms with Gasteiger partial charge in [0, 0.05) is 0 Å². The zero-order chi connectivity index (χ0) is 18.1. The minimum atomic E-state index is -0.500. The molecule has 4 rings (SSSR count). The first-order valence-electron chi connectivity index (χ1n) is 8.79. The molecular formula is C22H21FN2O. The highest BCUT2D eigenvalue weighted by Crippen LogP contribution is 2.39. The number of halogens is 1. The van der Waals surface area contributed by atoms with Crippen molar-refractivity contribution in [3.63, 3.8) is 0 Å². The van der Waals surface area contributed by atoms with E-state index in [1.54, 1.807) is 12.1 Å². The summed E-state index contributed by atoms with van der Waals surface area (Å²) < 4.78 is 15.0. The third-order valence-corrected chi connectivity index (χ3v) is 5.04. The van der Waals surface area contributed by atoms with E-state index >= 15 is 0 Å². The van der Waals surface area contributed by atoms with Gasteiger partial charge in [-0.2, -0.15) is 5.10 Å². The second-order valence-corrected chi connectivity index (χ2v) is 7.24. The summed E-state index contributed by atoms with van der Waals surface area (Å²) in [5, 5.41) is 15.1. The summed E-state index contributed by atoms with van der Waals surface area (Å²) in [7, 11) is 0. The van der Waals surface area contributed by atoms with Gasteiger partial charge in [-0.3, -0.25) is 0 Å². The number of fused-ring (bicyclic) bond motifs is 1. The van der Waals surface area contributed by atoms with Crippen molar-refractivity contribution in [1.29, 1.82) is 0 Å². The van der Waals surface area contributed by atoms with Crippen LogP contribution in [0.5, 0.6) is 0 Å². The summed E-state index contributed by atoms with van der Waals surface area (Å²) in [6.45, 7) is 2.16. The van der Waals surface area contributed by atoms with E-state index < -0.39 is 6.10 Å². The van der Waals surface area contributed by atoms with Crippen LogP contribution in [0, 0.1) is 11.2 Å². The van der Waals surface area contributed by atoms with Crippen LogP contribution < -0.4 is 0 Å². The molecule has 4 heteroatoms. The molecule has 1 aliphatic carbocycles. The molecule has 1 heterocycles. The van der Waals surface area contributed by atoms with Gasteiger partial charge in [-0.15, -0.1) is 0 Å². The Hall–Kier alpha value is -2.72. The number of allylic oxidation sites excluding steroid dienone is 1. The maximum Gasteiger partial charge on any atom is 0.123 e. The standard InChI is InChI=1S/C22H21FN2O/c1-22(14-21(26)16-5-3-2-4-6-16)12-11-20-17(13-22)15-24-25(20)19-9-7-18(23)8-10-19/h2-12,15,21,26H,13-14H2,1H3/t21?,22-/m1/s1. The minimum absolute atomic E-state index is 0.140. The molecule has 26 heavy (non-hydrogen) atoms. The van der Waals surface area contributed by atoms with Crippen LogP contribution in [0.2, 0.25) is 0 Å². The van der Waals surface area contributed by atoms with Crippen molar-refractivity contribution in [3.05, 3.63) is 89.5 Å². The van der Waals surface area contributed by atoms with E-state index in [4.69, 9.17) is 0 Å². The van der Waals surface area contributed by atoms with Gasteiger partial charge in [0.2, 0.25) is 0 Å². The number of aliphatic hydroxyl groups excluding tert-OH is 1. The van der Waals surface area contributed by atoms with E-state index in [9.17, 15) is 9.50 Å². The number of benzene rings is 2. The van der Waals surface area contributed by atoms with E-state index in [1.807, 2.05) is 41.2 Å². The van der Waals surface area contributed by atoms with E-state index in [1.165, 1.54) is 12.1 Å². The third-order valence-electron chi connectivity index (χ3n) is 5.04. The highest BCUT2D eigenvalue weighted by Gasteiger charge is 2.31. The zero-order valence-electron chi connectivity index (χ0n) is 14.6. The Kier molecular flexibility index (Phi) is 4.21. The fourth-order valence-corrected chi connectivity index (χ4v) is 3.64. The van der Waals surface area contributed by atoms with Crippen LogP contribution in [0.3, 0.4) is 0 Å². The Morgan fingerprint density at radius 3 is 2.62 bits per heavy atom. The normalized spacial score (nSPS) is 20.0. The Morgan fingerprint density at radius 2 is 1.88 bits per heavy atom. The van der Waals surface area contributed by atoms with Crippen LogP contribution in [0.1, 0.15) is 36.3 Å². The van der Waals surface area contributed by atoms with Crippen molar-refractivity contribution in [2.24, 2.45) is 5.41 Å². The molecule has 2 aromatic carbocycles. The lowest BCUT2D eigenvalue weighted by Gasteiger charge is -2.31. The number of hydrogen-bond donors (Lipinski definition) is 1. The highest BCUT2D eigenvalue weighted by molar-refractivity contribution is 5.57. The molecule has 0 fully saturated rings. The van der Waals surface area contributed by atoms with Crippen LogP contribution >= 0.6 is 0 Å². The summed E-state index contributed by atoms with van der Waals surface area (Å²) in [5.74, 6) is -0.257. The van der Waals surface area contributed by atoms with Gasteiger partial charge >= 0.3 is 0 Å². The second kappa shape index (κ2) is 6.54. The lowest BCUT2D eigenvalue weighted by molar-refractivity contribution is 0.125. The average molecular weight is 348 g/mol. The highest BCUT2D eigenvalue weighted by atomic mass is 19.1. The van der Waals surface area contributed by atoms with Crippen molar-refractivity contribution in [2.45, 2.75) is 25.9 Å². The number of hydrogen-bond acceptors (Lipinski definition) is 2. The SMILES string of the molecule is C[C@@]1(CC(O)c2ccccc2)C=Cc2c(cnn2-c2ccc(F)cc2)C1. The van der Waals surface area contributed by atoms with Crippen molar-refractivity contribution >= 4 is 6.08 Å². The second-order valence-electron chi connectivity index (χ2n) is 7.24. The molecule has 3 nitrogen and oxygen atoms in total. The van der Waals surface area contributed by atoms with E-state index in [0.717, 1.165) is 28.9 Å². The molecule has 0 bridgehead atoms. The largest absolute Gasteiger partial charge is 0.388 e. The Morgan fingerprint density at radius 1 is 1.15 bits per heavy atom. The Labute approximate surface area is 152 Å². The van der Waals surface area contributed by atoms with E-state index in [0.29, 0.717) is 6.42 Å². The van der Waals surface area contributed by atoms with Crippen LogP contribution in [0.4, 0.5) is 4.39 Å². The Bertz CT molecular complexity index is 931. The number of aliphatic hydroxyl groups is 1. The molecule has 1 N–H and O–H groups in total. The lowest BCUT2D eigenvalue weighted by atomic mass is 9.75. The molecule has 0 spiro atoms. The predicted octanol–water partition coefficient (Wildman–Crippen LogP) is 4.71. The molecule has 1 aliphatic rings. The van der Waals surface area contributed by atoms with Gasteiger partial charge in [0.15, 0.2) is 0 Å². The quantitative estimate of drug-likeness (QED) is 0.741. The van der Waals surface area contributed by atoms with Gasteiger partial charge in [-0.1, -0.05) is 43.3 Å². The van der Waals surface area contributed by atoms with Crippen LogP contribution in [-0.4, -0.2) is 14.9 Å². The first-order valence-corrected chi connectivity index (χ1v) is 8.79. The summed E-state index contributed by atoms with van der Waals surface area (Å²) >= 11 is 0. The van der Waals surface area contributed by atoms with Crippen molar-refractivity contribution in [3.8, 4) is 5.69 Å². The maximum atomic E-state index is 13.2. The average Bonchev–Trinajstić information content (AvgIpc) is 3.05.